The smallest absolute Gasteiger partial charge is 0.221 e. The van der Waals surface area contributed by atoms with Crippen LogP contribution < -0.4 is 15.0 Å². The fourth-order valence-corrected chi connectivity index (χ4v) is 2.10. The van der Waals surface area contributed by atoms with Gasteiger partial charge in [-0.15, -0.1) is 11.6 Å². The Kier molecular flexibility index (Phi) is 6.96. The molecule has 0 spiro atoms. The Morgan fingerprint density at radius 1 is 1.59 bits per heavy atom. The number of nitrogens with zero attached hydrogens (tertiary/aromatic N) is 2. The highest BCUT2D eigenvalue weighted by molar-refractivity contribution is 6.18. The SMILES string of the molecule is COc1ccc(NC(C)=O)cc1N(CC(O)CCl)C(C)C#N. The maximum absolute atomic E-state index is 11.2. The van der Waals surface area contributed by atoms with Crippen LogP contribution in [0.5, 0.6) is 5.75 Å². The number of anilines is 2. The summed E-state index contributed by atoms with van der Waals surface area (Å²) in [5.74, 6) is 0.400. The molecule has 0 heterocycles. The van der Waals surface area contributed by atoms with Crippen molar-refractivity contribution in [1.82, 2.24) is 0 Å². The van der Waals surface area contributed by atoms with Gasteiger partial charge in [0.2, 0.25) is 5.91 Å². The van der Waals surface area contributed by atoms with Gasteiger partial charge in [0.15, 0.2) is 0 Å². The number of halogens is 1. The number of ether oxygens (including phenoxy) is 1. The number of rotatable bonds is 7. The number of amides is 1. The summed E-state index contributed by atoms with van der Waals surface area (Å²) in [5, 5.41) is 21.7. The van der Waals surface area contributed by atoms with E-state index in [0.29, 0.717) is 17.1 Å². The molecule has 6 nitrogen and oxygen atoms in total. The third-order valence-electron chi connectivity index (χ3n) is 3.05. The summed E-state index contributed by atoms with van der Waals surface area (Å²) in [4.78, 5) is 12.9. The Balaban J connectivity index is 3.25. The fourth-order valence-electron chi connectivity index (χ4n) is 2.01. The van der Waals surface area contributed by atoms with Crippen LogP contribution in [0, 0.1) is 11.3 Å². The van der Waals surface area contributed by atoms with Crippen molar-refractivity contribution in [2.75, 3.05) is 29.8 Å². The van der Waals surface area contributed by atoms with Crippen molar-refractivity contribution in [2.24, 2.45) is 0 Å². The molecule has 1 aromatic rings. The van der Waals surface area contributed by atoms with Crippen LogP contribution in [0.25, 0.3) is 0 Å². The Hall–Kier alpha value is -1.97. The van der Waals surface area contributed by atoms with Gasteiger partial charge < -0.3 is 20.1 Å². The number of carbonyl (C=O) groups is 1. The van der Waals surface area contributed by atoms with E-state index >= 15 is 0 Å². The number of benzene rings is 1. The molecule has 0 radical (unpaired) electrons. The highest BCUT2D eigenvalue weighted by Crippen LogP contribution is 2.32. The van der Waals surface area contributed by atoms with Gasteiger partial charge in [-0.1, -0.05) is 0 Å². The summed E-state index contributed by atoms with van der Waals surface area (Å²) in [5.41, 5.74) is 1.19. The number of carbonyl (C=O) groups excluding carboxylic acids is 1. The van der Waals surface area contributed by atoms with Gasteiger partial charge in [-0.25, -0.2) is 0 Å². The molecule has 120 valence electrons. The molecular weight excluding hydrogens is 306 g/mol. The van der Waals surface area contributed by atoms with E-state index < -0.39 is 12.1 Å². The van der Waals surface area contributed by atoms with Gasteiger partial charge in [-0.05, 0) is 25.1 Å². The maximum atomic E-state index is 11.2. The first kappa shape index (κ1) is 18.1. The van der Waals surface area contributed by atoms with Crippen LogP contribution in [0.4, 0.5) is 11.4 Å². The molecule has 0 aliphatic rings. The average Bonchev–Trinajstić information content (AvgIpc) is 2.50. The monoisotopic (exact) mass is 325 g/mol. The predicted molar refractivity (Wildman–Crippen MR) is 86.4 cm³/mol. The average molecular weight is 326 g/mol. The van der Waals surface area contributed by atoms with Crippen LogP contribution in [0.3, 0.4) is 0 Å². The first-order chi connectivity index (χ1) is 10.4. The lowest BCUT2D eigenvalue weighted by Crippen LogP contribution is -2.39. The zero-order chi connectivity index (χ0) is 16.7. The third kappa shape index (κ3) is 4.79. The van der Waals surface area contributed by atoms with Crippen molar-refractivity contribution in [1.29, 1.82) is 5.26 Å². The first-order valence-electron chi connectivity index (χ1n) is 6.78. The Morgan fingerprint density at radius 2 is 2.27 bits per heavy atom. The van der Waals surface area contributed by atoms with Gasteiger partial charge in [-0.2, -0.15) is 5.26 Å². The molecular formula is C15H20ClN3O3. The summed E-state index contributed by atoms with van der Waals surface area (Å²) in [7, 11) is 1.52. The number of aliphatic hydroxyl groups excluding tert-OH is 1. The van der Waals surface area contributed by atoms with E-state index in [1.54, 1.807) is 30.0 Å². The highest BCUT2D eigenvalue weighted by Gasteiger charge is 2.21. The summed E-state index contributed by atoms with van der Waals surface area (Å²) in [6.45, 7) is 3.31. The van der Waals surface area contributed by atoms with Gasteiger partial charge in [0.1, 0.15) is 11.8 Å². The fraction of sp³-hybridized carbons (Fsp3) is 0.467. The van der Waals surface area contributed by atoms with Gasteiger partial charge in [0, 0.05) is 19.2 Å². The molecule has 1 rings (SSSR count). The third-order valence-corrected chi connectivity index (χ3v) is 3.40. The molecule has 2 unspecified atom stereocenters. The second-order valence-corrected chi connectivity index (χ2v) is 5.14. The zero-order valence-electron chi connectivity index (χ0n) is 12.8. The molecule has 0 fully saturated rings. The van der Waals surface area contributed by atoms with E-state index in [1.807, 2.05) is 0 Å². The Labute approximate surface area is 135 Å². The second-order valence-electron chi connectivity index (χ2n) is 4.83. The summed E-state index contributed by atoms with van der Waals surface area (Å²) < 4.78 is 5.32. The molecule has 0 aliphatic carbocycles. The summed E-state index contributed by atoms with van der Waals surface area (Å²) in [6, 6.07) is 6.74. The number of alkyl halides is 1. The lowest BCUT2D eigenvalue weighted by Gasteiger charge is -2.30. The molecule has 1 amide bonds. The largest absolute Gasteiger partial charge is 0.495 e. The van der Waals surface area contributed by atoms with Crippen LogP contribution in [0.15, 0.2) is 18.2 Å². The van der Waals surface area contributed by atoms with Crippen molar-refractivity contribution in [3.05, 3.63) is 18.2 Å². The number of hydrogen-bond donors (Lipinski definition) is 2. The van der Waals surface area contributed by atoms with Crippen LogP contribution in [0.2, 0.25) is 0 Å². The van der Waals surface area contributed by atoms with E-state index in [-0.39, 0.29) is 18.3 Å². The second kappa shape index (κ2) is 8.47. The van der Waals surface area contributed by atoms with Crippen LogP contribution in [-0.2, 0) is 4.79 Å². The van der Waals surface area contributed by atoms with Gasteiger partial charge in [0.25, 0.3) is 0 Å². The zero-order valence-corrected chi connectivity index (χ0v) is 13.6. The van der Waals surface area contributed by atoms with Crippen LogP contribution in [-0.4, -0.2) is 42.7 Å². The topological polar surface area (TPSA) is 85.6 Å². The van der Waals surface area contributed by atoms with Crippen molar-refractivity contribution < 1.29 is 14.6 Å². The Bertz CT molecular complexity index is 559. The maximum Gasteiger partial charge on any atom is 0.221 e. The van der Waals surface area contributed by atoms with Gasteiger partial charge in [0.05, 0.1) is 30.9 Å². The van der Waals surface area contributed by atoms with Crippen molar-refractivity contribution >= 4 is 28.9 Å². The minimum atomic E-state index is -0.786. The minimum absolute atomic E-state index is 0.0579. The highest BCUT2D eigenvalue weighted by atomic mass is 35.5. The van der Waals surface area contributed by atoms with Crippen molar-refractivity contribution in [3.8, 4) is 11.8 Å². The molecule has 2 atom stereocenters. The van der Waals surface area contributed by atoms with Gasteiger partial charge in [-0.3, -0.25) is 4.79 Å². The normalized spacial score (nSPS) is 12.9. The molecule has 1 aromatic carbocycles. The van der Waals surface area contributed by atoms with E-state index in [4.69, 9.17) is 16.3 Å². The predicted octanol–water partition coefficient (Wildman–Crippen LogP) is 1.97. The first-order valence-corrected chi connectivity index (χ1v) is 7.32. The lowest BCUT2D eigenvalue weighted by molar-refractivity contribution is -0.114. The van der Waals surface area contributed by atoms with Gasteiger partial charge >= 0.3 is 0 Å². The molecule has 0 aromatic heterocycles. The van der Waals surface area contributed by atoms with E-state index in [2.05, 4.69) is 11.4 Å². The number of aliphatic hydroxyl groups is 1. The molecule has 2 N–H and O–H groups in total. The number of nitrogens with one attached hydrogen (secondary N) is 1. The van der Waals surface area contributed by atoms with Crippen molar-refractivity contribution in [2.45, 2.75) is 26.0 Å². The summed E-state index contributed by atoms with van der Waals surface area (Å²) >= 11 is 5.66. The van der Waals surface area contributed by atoms with Crippen LogP contribution in [0.1, 0.15) is 13.8 Å². The number of nitriles is 1. The quantitative estimate of drug-likeness (QED) is 0.749. The minimum Gasteiger partial charge on any atom is -0.495 e. The number of hydrogen-bond acceptors (Lipinski definition) is 5. The van der Waals surface area contributed by atoms with Crippen LogP contribution >= 0.6 is 11.6 Å². The van der Waals surface area contributed by atoms with Crippen molar-refractivity contribution in [3.63, 3.8) is 0 Å². The summed E-state index contributed by atoms with van der Waals surface area (Å²) in [6.07, 6.45) is -0.786. The molecule has 7 heteroatoms. The number of methoxy groups -OCH3 is 1. The molecule has 0 saturated heterocycles. The molecule has 0 aliphatic heterocycles. The van der Waals surface area contributed by atoms with E-state index in [0.717, 1.165) is 0 Å². The lowest BCUT2D eigenvalue weighted by atomic mass is 10.1. The van der Waals surface area contributed by atoms with E-state index in [1.165, 1.54) is 14.0 Å². The van der Waals surface area contributed by atoms with E-state index in [9.17, 15) is 15.2 Å². The molecule has 22 heavy (non-hydrogen) atoms. The Morgan fingerprint density at radius 3 is 2.77 bits per heavy atom. The molecule has 0 saturated carbocycles. The molecule has 0 bridgehead atoms. The standard InChI is InChI=1S/C15H20ClN3O3/c1-10(8-17)19(9-13(21)7-16)14-6-12(18-11(2)20)4-5-15(14)22-3/h4-6,10,13,21H,7,9H2,1-3H3,(H,18,20).